The molecule has 2 N–H and O–H groups in total. The van der Waals surface area contributed by atoms with E-state index in [1.165, 1.54) is 81.5 Å². The summed E-state index contributed by atoms with van der Waals surface area (Å²) in [7, 11) is 8.40. The maximum Gasteiger partial charge on any atom is 0.397 e. The van der Waals surface area contributed by atoms with Gasteiger partial charge in [-0.15, -0.1) is 0 Å². The van der Waals surface area contributed by atoms with Gasteiger partial charge < -0.3 is 64.4 Å². The smallest absolute Gasteiger partial charge is 0.377 e. The molecule has 10 aliphatic rings. The van der Waals surface area contributed by atoms with Gasteiger partial charge >= 0.3 is 12.4 Å². The van der Waals surface area contributed by atoms with Gasteiger partial charge in [0.2, 0.25) is 70.9 Å². The molecule has 0 aromatic rings. The molecule has 4 aliphatic heterocycles. The van der Waals surface area contributed by atoms with Crippen molar-refractivity contribution in [1.29, 1.82) is 0 Å². The minimum absolute atomic E-state index is 0.0119. The van der Waals surface area contributed by atoms with E-state index in [1.54, 1.807) is 18.7 Å². The third-order valence-electron chi connectivity index (χ3n) is 27.5. The van der Waals surface area contributed by atoms with Crippen LogP contribution in [0.5, 0.6) is 0 Å². The summed E-state index contributed by atoms with van der Waals surface area (Å²) in [5, 5.41) is 5.66. The monoisotopic (exact) mass is 1640 g/mol. The fraction of sp³-hybridized carbons (Fsp3) is 0.829. The molecule has 2 bridgehead atoms. The largest absolute Gasteiger partial charge is 0.397 e. The number of likely N-dealkylation sites (N-methyl/N-ethyl adjacent to an activating group) is 6. The van der Waals surface area contributed by atoms with Crippen LogP contribution in [-0.4, -0.2) is 299 Å². The predicted molar refractivity (Wildman–Crippen MR) is 407 cm³/mol. The molecule has 115 heavy (non-hydrogen) atoms. The molecule has 1 spiro atoms. The molecule has 12 atom stereocenters. The Bertz CT molecular complexity index is 3550. The summed E-state index contributed by atoms with van der Waals surface area (Å²) in [5.41, 5.74) is 0.199. The summed E-state index contributed by atoms with van der Waals surface area (Å²) >= 11 is 0. The number of carbonyl (C=O) groups is 12. The van der Waals surface area contributed by atoms with Crippen LogP contribution in [0.15, 0.2) is 11.1 Å². The van der Waals surface area contributed by atoms with Gasteiger partial charge in [-0.05, 0) is 178 Å². The van der Waals surface area contributed by atoms with Gasteiger partial charge in [0, 0.05) is 87.5 Å². The van der Waals surface area contributed by atoms with Crippen LogP contribution in [0, 0.1) is 35.5 Å². The van der Waals surface area contributed by atoms with Crippen molar-refractivity contribution in [3.63, 3.8) is 0 Å². The van der Waals surface area contributed by atoms with Crippen molar-refractivity contribution >= 4 is 70.9 Å². The first-order valence-electron chi connectivity index (χ1n) is 42.5. The van der Waals surface area contributed by atoms with E-state index in [1.807, 2.05) is 13.8 Å². The normalized spacial score (nSPS) is 32.6. The third-order valence-corrected chi connectivity index (χ3v) is 27.5. The van der Waals surface area contributed by atoms with Gasteiger partial charge in [0.25, 0.3) is 0 Å². The van der Waals surface area contributed by atoms with E-state index >= 15 is 61.5 Å². The molecular formula is C82H124F8N12O13. The number of carbonyl (C=O) groups excluding carboxylic acids is 12. The minimum Gasteiger partial charge on any atom is -0.377 e. The first kappa shape index (κ1) is 90.1. The number of alkyl halides is 8. The molecular weight excluding hydrogens is 1510 g/mol. The third kappa shape index (κ3) is 20.7. The Morgan fingerprint density at radius 2 is 1.22 bits per heavy atom. The molecule has 0 radical (unpaired) electrons. The second kappa shape index (κ2) is 38.2. The van der Waals surface area contributed by atoms with E-state index in [9.17, 15) is 31.1 Å². The molecule has 12 amide bonds. The highest BCUT2D eigenvalue weighted by molar-refractivity contribution is 6.01. The molecule has 0 aromatic heterocycles. The average Bonchev–Trinajstić information content (AvgIpc) is 1.69. The van der Waals surface area contributed by atoms with Crippen LogP contribution in [0.4, 0.5) is 35.1 Å². The first-order valence-corrected chi connectivity index (χ1v) is 42.5. The molecule has 2 unspecified atom stereocenters. The summed E-state index contributed by atoms with van der Waals surface area (Å²) in [6, 6.07) is -11.6. The van der Waals surface area contributed by atoms with Gasteiger partial charge in [-0.25, -0.2) is 8.78 Å². The fourth-order valence-corrected chi connectivity index (χ4v) is 19.6. The summed E-state index contributed by atoms with van der Waals surface area (Å²) in [4.78, 5) is 199. The van der Waals surface area contributed by atoms with Crippen molar-refractivity contribution in [2.24, 2.45) is 35.5 Å². The van der Waals surface area contributed by atoms with Crippen molar-refractivity contribution in [1.82, 2.24) is 59.6 Å². The Kier molecular flexibility index (Phi) is 30.0. The van der Waals surface area contributed by atoms with Crippen molar-refractivity contribution in [2.75, 3.05) is 88.2 Å². The molecule has 0 aromatic carbocycles. The molecule has 646 valence electrons. The predicted octanol–water partition coefficient (Wildman–Crippen LogP) is 8.44. The number of halogens is 8. The quantitative estimate of drug-likeness (QED) is 0.122. The molecule has 3 saturated heterocycles. The van der Waals surface area contributed by atoms with Gasteiger partial charge in [-0.2, -0.15) is 26.3 Å². The molecule has 6 aliphatic carbocycles. The van der Waals surface area contributed by atoms with E-state index in [-0.39, 0.29) is 96.7 Å². The Labute approximate surface area is 671 Å². The molecule has 4 heterocycles. The zero-order valence-electron chi connectivity index (χ0n) is 68.9. The van der Waals surface area contributed by atoms with Gasteiger partial charge in [0.15, 0.2) is 0 Å². The number of hydrogen-bond acceptors (Lipinski definition) is 13. The average molecular weight is 1640 g/mol. The van der Waals surface area contributed by atoms with Gasteiger partial charge in [-0.1, -0.05) is 64.0 Å². The van der Waals surface area contributed by atoms with E-state index in [0.29, 0.717) is 90.1 Å². The highest BCUT2D eigenvalue weighted by atomic mass is 19.4. The number of amides is 12. The van der Waals surface area contributed by atoms with E-state index in [0.717, 1.165) is 28.9 Å². The van der Waals surface area contributed by atoms with Crippen LogP contribution in [0.25, 0.3) is 0 Å². The van der Waals surface area contributed by atoms with Crippen LogP contribution in [0.2, 0.25) is 0 Å². The van der Waals surface area contributed by atoms with Crippen LogP contribution in [0.1, 0.15) is 220 Å². The summed E-state index contributed by atoms with van der Waals surface area (Å²) in [5.74, 6) is -15.9. The van der Waals surface area contributed by atoms with Gasteiger partial charge in [0.05, 0.1) is 25.0 Å². The fourth-order valence-electron chi connectivity index (χ4n) is 19.6. The standard InChI is InChI=1S/C82H124F8N12O13/c1-11-21-60-71(106)92-69(48(4)12-2)77(112)101(55-29-30-55)47-67(105)95(7)61-42-53-41-52(53)32-37-100(76(61)111)63(40-49-24-27-54(28-25-49)81(85,86)87)73(108)93(5)46-65(103)91-59(31-26-50-38-57(83)68(58(84)39-50)82(88,89)90)72(107)102-45-56(115-13-3)43-64(102)74(109)98(10)80(33-20-34-80)79(114)97(9)70(51-22-16-14-17-23-51)78(113)96(8)62(44-66(104)94(60)6)75(110)99-35-18-15-19-36-99/h48-51,54-64,68-70H,11-47H2,1-10H3,(H,91,103)(H,92,106)/t48-,49?,50?,54?,56+,57?,58?,59-,60-,61-,62-,63-,64-,68?,69-,70-/m0/s1. The van der Waals surface area contributed by atoms with Crippen LogP contribution in [0.3, 0.4) is 0 Å². The van der Waals surface area contributed by atoms with Crippen LogP contribution in [-0.2, 0) is 62.3 Å². The number of nitrogens with one attached hydrogen (secondary N) is 2. The lowest BCUT2D eigenvalue weighted by atomic mass is 9.73. The molecule has 33 heteroatoms. The van der Waals surface area contributed by atoms with E-state index in [4.69, 9.17) is 4.74 Å². The lowest BCUT2D eigenvalue weighted by molar-refractivity contribution is -0.219. The van der Waals surface area contributed by atoms with Crippen molar-refractivity contribution in [2.45, 2.75) is 311 Å². The number of ether oxygens (including phenoxy) is 1. The number of rotatable bonds is 14. The highest BCUT2D eigenvalue weighted by Crippen LogP contribution is 2.48. The van der Waals surface area contributed by atoms with Crippen molar-refractivity contribution < 1.29 is 97.4 Å². The second-order valence-corrected chi connectivity index (χ2v) is 35.0. The van der Waals surface area contributed by atoms with E-state index < -0.39 is 236 Å². The zero-order chi connectivity index (χ0) is 84.0. The minimum atomic E-state index is -5.22. The number of fused-ring (bicyclic) bond motifs is 3. The maximum absolute atomic E-state index is 16.0. The number of nitrogens with zero attached hydrogens (tertiary/aromatic N) is 10. The summed E-state index contributed by atoms with van der Waals surface area (Å²) in [6.07, 6.45) is -11.0. The number of hydrogen-bond donors (Lipinski definition) is 2. The van der Waals surface area contributed by atoms with Crippen LogP contribution >= 0.6 is 0 Å². The van der Waals surface area contributed by atoms with E-state index in [2.05, 4.69) is 10.6 Å². The Morgan fingerprint density at radius 1 is 0.574 bits per heavy atom. The SMILES string of the molecule is CCC[C@H]1C(=O)N[C@@H]([C@@H](C)CC)C(=O)N(C2CC2)CC(=O)N(C)[C@H]2CC3=C(CCN(C2=O)[C@@H](CC2CCC(C(F)(F)F)CC2)C(=O)N(C)CC(=O)N[C@@H](CCC2CC(F)C(C(F)(F)F)C(F)C2)C(=O)N2C[C@H](OCC)C[C@H]2C(=O)N(C)C2(CCC2)C(=O)N(C)[C@@H](C2CCCCC2)C(=O)N(C)[C@H](C(=O)N2CCCCC2)CC(=O)N1C)C3. The molecule has 5 saturated carbocycles. The molecule has 8 fully saturated rings. The Hall–Kier alpha value is -7.22. The summed E-state index contributed by atoms with van der Waals surface area (Å²) in [6.45, 7) is 6.07. The lowest BCUT2D eigenvalue weighted by Crippen LogP contribution is -2.68. The Morgan fingerprint density at radius 3 is 1.80 bits per heavy atom. The maximum atomic E-state index is 16.0. The van der Waals surface area contributed by atoms with Crippen molar-refractivity contribution in [3.8, 4) is 0 Å². The second-order valence-electron chi connectivity index (χ2n) is 35.0. The molecule has 10 rings (SSSR count). The summed E-state index contributed by atoms with van der Waals surface area (Å²) < 4.78 is 122. The first-order chi connectivity index (χ1) is 54.3. The van der Waals surface area contributed by atoms with Crippen molar-refractivity contribution in [3.05, 3.63) is 11.1 Å². The topological polar surface area (TPSA) is 271 Å². The lowest BCUT2D eigenvalue weighted by Gasteiger charge is -2.51. The highest BCUT2D eigenvalue weighted by Gasteiger charge is 2.58. The number of likely N-dealkylation sites (tertiary alicyclic amines) is 1. The molecule has 25 nitrogen and oxygen atoms in total. The number of piperidine rings is 1. The van der Waals surface area contributed by atoms with Crippen LogP contribution < -0.4 is 10.6 Å². The van der Waals surface area contributed by atoms with Gasteiger partial charge in [0.1, 0.15) is 78.7 Å². The van der Waals surface area contributed by atoms with Gasteiger partial charge in [-0.3, -0.25) is 57.5 Å². The zero-order valence-corrected chi connectivity index (χ0v) is 68.9. The Balaban J connectivity index is 1.05.